The second kappa shape index (κ2) is 4.69. The van der Waals surface area contributed by atoms with Gasteiger partial charge in [0, 0.05) is 33.3 Å². The average molecular weight is 211 g/mol. The minimum Gasteiger partial charge on any atom is -0.379 e. The van der Waals surface area contributed by atoms with Gasteiger partial charge in [0.05, 0.1) is 12.6 Å². The Morgan fingerprint density at radius 2 is 2.47 bits per heavy atom. The summed E-state index contributed by atoms with van der Waals surface area (Å²) < 4.78 is 7.35. The highest BCUT2D eigenvalue weighted by atomic mass is 16.5. The van der Waals surface area contributed by atoms with Gasteiger partial charge in [-0.1, -0.05) is 0 Å². The second-order valence-electron chi connectivity index (χ2n) is 3.77. The molecule has 2 N–H and O–H groups in total. The van der Waals surface area contributed by atoms with E-state index in [9.17, 15) is 0 Å². The second-order valence-corrected chi connectivity index (χ2v) is 3.77. The van der Waals surface area contributed by atoms with Crippen LogP contribution in [0.25, 0.3) is 0 Å². The first kappa shape index (κ1) is 10.5. The van der Waals surface area contributed by atoms with Crippen LogP contribution in [0, 0.1) is 0 Å². The van der Waals surface area contributed by atoms with Crippen LogP contribution in [0.4, 0.5) is 0 Å². The van der Waals surface area contributed by atoms with Crippen LogP contribution in [-0.2, 0) is 17.8 Å². The van der Waals surface area contributed by atoms with E-state index >= 15 is 0 Å². The molecule has 15 heavy (non-hydrogen) atoms. The van der Waals surface area contributed by atoms with Crippen LogP contribution in [-0.4, -0.2) is 52.5 Å². The van der Waals surface area contributed by atoms with Crippen LogP contribution in [0.2, 0.25) is 0 Å². The van der Waals surface area contributed by atoms with E-state index in [-0.39, 0.29) is 6.10 Å². The molecule has 2 rings (SSSR count). The molecule has 0 spiro atoms. The normalized spacial score (nSPS) is 18.8. The van der Waals surface area contributed by atoms with Crippen molar-refractivity contribution in [2.75, 3.05) is 26.7 Å². The predicted octanol–water partition coefficient (Wildman–Crippen LogP) is -0.933. The maximum absolute atomic E-state index is 5.59. The SMILES string of the molecule is COC(CN)CN1CCn2cnnc2C1. The molecule has 0 saturated carbocycles. The Bertz CT molecular complexity index is 309. The Morgan fingerprint density at radius 1 is 1.60 bits per heavy atom. The smallest absolute Gasteiger partial charge is 0.147 e. The van der Waals surface area contributed by atoms with Gasteiger partial charge in [-0.2, -0.15) is 0 Å². The summed E-state index contributed by atoms with van der Waals surface area (Å²) in [5.74, 6) is 1.02. The number of ether oxygens (including phenoxy) is 1. The minimum atomic E-state index is 0.111. The van der Waals surface area contributed by atoms with Gasteiger partial charge in [0.1, 0.15) is 12.2 Å². The molecule has 84 valence electrons. The highest BCUT2D eigenvalue weighted by Crippen LogP contribution is 2.09. The zero-order valence-corrected chi connectivity index (χ0v) is 8.96. The maximum Gasteiger partial charge on any atom is 0.147 e. The molecular weight excluding hydrogens is 194 g/mol. The van der Waals surface area contributed by atoms with Gasteiger partial charge in [0.15, 0.2) is 0 Å². The van der Waals surface area contributed by atoms with E-state index < -0.39 is 0 Å². The molecule has 0 aliphatic carbocycles. The third kappa shape index (κ3) is 2.34. The Morgan fingerprint density at radius 3 is 3.20 bits per heavy atom. The largest absolute Gasteiger partial charge is 0.379 e. The molecule has 6 nitrogen and oxygen atoms in total. The van der Waals surface area contributed by atoms with Crippen molar-refractivity contribution < 1.29 is 4.74 Å². The topological polar surface area (TPSA) is 69.2 Å². The summed E-state index contributed by atoms with van der Waals surface area (Å²) in [6.07, 6.45) is 1.89. The number of nitrogens with zero attached hydrogens (tertiary/aromatic N) is 4. The zero-order valence-electron chi connectivity index (χ0n) is 8.96. The van der Waals surface area contributed by atoms with E-state index in [1.54, 1.807) is 13.4 Å². The number of hydrogen-bond donors (Lipinski definition) is 1. The first-order valence-electron chi connectivity index (χ1n) is 5.15. The summed E-state index contributed by atoms with van der Waals surface area (Å²) >= 11 is 0. The van der Waals surface area contributed by atoms with Crippen LogP contribution in [0.15, 0.2) is 6.33 Å². The Hall–Kier alpha value is -0.980. The lowest BCUT2D eigenvalue weighted by Crippen LogP contribution is -2.41. The lowest BCUT2D eigenvalue weighted by Gasteiger charge is -2.29. The molecule has 0 fully saturated rings. The molecule has 1 aromatic rings. The predicted molar refractivity (Wildman–Crippen MR) is 55.2 cm³/mol. The monoisotopic (exact) mass is 211 g/mol. The summed E-state index contributed by atoms with van der Waals surface area (Å²) in [6.45, 7) is 4.20. The Kier molecular flexibility index (Phi) is 3.30. The van der Waals surface area contributed by atoms with E-state index in [0.717, 1.165) is 32.0 Å². The lowest BCUT2D eigenvalue weighted by atomic mass is 10.3. The molecule has 1 atom stereocenters. The molecule has 1 aromatic heterocycles. The van der Waals surface area contributed by atoms with Crippen molar-refractivity contribution in [3.63, 3.8) is 0 Å². The number of aromatic nitrogens is 3. The van der Waals surface area contributed by atoms with E-state index in [1.807, 2.05) is 0 Å². The molecular formula is C9H17N5O. The van der Waals surface area contributed by atoms with Crippen molar-refractivity contribution in [2.45, 2.75) is 19.2 Å². The van der Waals surface area contributed by atoms with Crippen molar-refractivity contribution in [3.05, 3.63) is 12.2 Å². The number of hydrogen-bond acceptors (Lipinski definition) is 5. The van der Waals surface area contributed by atoms with Crippen LogP contribution in [0.1, 0.15) is 5.82 Å². The van der Waals surface area contributed by atoms with E-state index in [1.165, 1.54) is 0 Å². The molecule has 0 bridgehead atoms. The number of fused-ring (bicyclic) bond motifs is 1. The maximum atomic E-state index is 5.59. The molecule has 1 unspecified atom stereocenters. The van der Waals surface area contributed by atoms with Crippen molar-refractivity contribution in [1.29, 1.82) is 0 Å². The van der Waals surface area contributed by atoms with Gasteiger partial charge in [0.2, 0.25) is 0 Å². The molecule has 0 amide bonds. The van der Waals surface area contributed by atoms with Crippen molar-refractivity contribution in [3.8, 4) is 0 Å². The average Bonchev–Trinajstić information content (AvgIpc) is 2.73. The number of methoxy groups -OCH3 is 1. The fraction of sp³-hybridized carbons (Fsp3) is 0.778. The molecule has 0 radical (unpaired) electrons. The highest BCUT2D eigenvalue weighted by Gasteiger charge is 2.19. The molecule has 6 heteroatoms. The van der Waals surface area contributed by atoms with Crippen molar-refractivity contribution >= 4 is 0 Å². The van der Waals surface area contributed by atoms with Crippen molar-refractivity contribution in [1.82, 2.24) is 19.7 Å². The third-order valence-corrected chi connectivity index (χ3v) is 2.78. The fourth-order valence-corrected chi connectivity index (χ4v) is 1.81. The standard InChI is InChI=1S/C9H17N5O/c1-15-8(4-10)5-13-2-3-14-7-11-12-9(14)6-13/h7-8H,2-6,10H2,1H3. The summed E-state index contributed by atoms with van der Waals surface area (Å²) in [7, 11) is 1.70. The number of rotatable bonds is 4. The fourth-order valence-electron chi connectivity index (χ4n) is 1.81. The van der Waals surface area contributed by atoms with Gasteiger partial charge in [-0.25, -0.2) is 0 Å². The summed E-state index contributed by atoms with van der Waals surface area (Å²) in [5, 5.41) is 7.95. The summed E-state index contributed by atoms with van der Waals surface area (Å²) in [6, 6.07) is 0. The van der Waals surface area contributed by atoms with Crippen LogP contribution < -0.4 is 5.73 Å². The van der Waals surface area contributed by atoms with E-state index in [4.69, 9.17) is 10.5 Å². The van der Waals surface area contributed by atoms with Gasteiger partial charge in [-0.15, -0.1) is 10.2 Å². The third-order valence-electron chi connectivity index (χ3n) is 2.78. The van der Waals surface area contributed by atoms with Crippen LogP contribution in [0.5, 0.6) is 0 Å². The van der Waals surface area contributed by atoms with Gasteiger partial charge >= 0.3 is 0 Å². The molecule has 1 aliphatic heterocycles. The number of nitrogens with two attached hydrogens (primary N) is 1. The van der Waals surface area contributed by atoms with Gasteiger partial charge in [-0.05, 0) is 0 Å². The van der Waals surface area contributed by atoms with Gasteiger partial charge < -0.3 is 15.0 Å². The zero-order chi connectivity index (χ0) is 10.7. The summed E-state index contributed by atoms with van der Waals surface area (Å²) in [4.78, 5) is 2.30. The Labute approximate surface area is 89.0 Å². The molecule has 0 saturated heterocycles. The molecule has 2 heterocycles. The lowest BCUT2D eigenvalue weighted by molar-refractivity contribution is 0.0599. The Balaban J connectivity index is 1.92. The quantitative estimate of drug-likeness (QED) is 0.696. The molecule has 1 aliphatic rings. The van der Waals surface area contributed by atoms with Gasteiger partial charge in [0.25, 0.3) is 0 Å². The molecule has 0 aromatic carbocycles. The van der Waals surface area contributed by atoms with E-state index in [2.05, 4.69) is 19.7 Å². The van der Waals surface area contributed by atoms with Crippen LogP contribution in [0.3, 0.4) is 0 Å². The van der Waals surface area contributed by atoms with Gasteiger partial charge in [-0.3, -0.25) is 4.90 Å². The highest BCUT2D eigenvalue weighted by molar-refractivity contribution is 4.90. The van der Waals surface area contributed by atoms with E-state index in [0.29, 0.717) is 6.54 Å². The first-order chi connectivity index (χ1) is 7.33. The summed E-state index contributed by atoms with van der Waals surface area (Å²) in [5.41, 5.74) is 5.59. The minimum absolute atomic E-state index is 0.111. The van der Waals surface area contributed by atoms with Crippen LogP contribution >= 0.6 is 0 Å². The van der Waals surface area contributed by atoms with Crippen molar-refractivity contribution in [2.24, 2.45) is 5.73 Å². The first-order valence-corrected chi connectivity index (χ1v) is 5.15.